The zero-order valence-electron chi connectivity index (χ0n) is 15.8. The Morgan fingerprint density at radius 1 is 1.36 bits per heavy atom. The van der Waals surface area contributed by atoms with E-state index in [1.54, 1.807) is 42.7 Å². The molecule has 2 aromatic heterocycles. The van der Waals surface area contributed by atoms with E-state index >= 15 is 0 Å². The number of carbonyl (C=O) groups is 1. The van der Waals surface area contributed by atoms with Crippen LogP contribution in [0.3, 0.4) is 0 Å². The van der Waals surface area contributed by atoms with Crippen molar-refractivity contribution in [2.45, 2.75) is 31.3 Å². The number of hydrogen-bond donors (Lipinski definition) is 2. The van der Waals surface area contributed by atoms with Crippen molar-refractivity contribution in [2.24, 2.45) is 5.92 Å². The predicted molar refractivity (Wildman–Crippen MR) is 115 cm³/mol. The fourth-order valence-corrected chi connectivity index (χ4v) is 5.52. The van der Waals surface area contributed by atoms with Gasteiger partial charge in [0.05, 0.1) is 18.2 Å². The van der Waals surface area contributed by atoms with Crippen molar-refractivity contribution >= 4 is 50.7 Å². The molecule has 146 valence electrons. The Hall–Kier alpha value is -2.32. The summed E-state index contributed by atoms with van der Waals surface area (Å²) in [4.78, 5) is 23.7. The van der Waals surface area contributed by atoms with Crippen molar-refractivity contribution in [3.05, 3.63) is 34.7 Å². The highest BCUT2D eigenvalue weighted by Crippen LogP contribution is 2.39. The average molecular weight is 415 g/mol. The van der Waals surface area contributed by atoms with Crippen molar-refractivity contribution in [3.8, 4) is 5.75 Å². The summed E-state index contributed by atoms with van der Waals surface area (Å²) in [6.07, 6.45) is 3.31. The van der Waals surface area contributed by atoms with Gasteiger partial charge in [-0.3, -0.25) is 4.79 Å². The second-order valence-corrected chi connectivity index (χ2v) is 9.01. The molecule has 1 aliphatic rings. The van der Waals surface area contributed by atoms with Crippen molar-refractivity contribution in [2.75, 3.05) is 23.9 Å². The number of benzene rings is 1. The summed E-state index contributed by atoms with van der Waals surface area (Å²) in [5, 5.41) is 4.42. The summed E-state index contributed by atoms with van der Waals surface area (Å²) in [5.41, 5.74) is 8.30. The van der Waals surface area contributed by atoms with Crippen LogP contribution in [0.2, 0.25) is 0 Å². The number of anilines is 2. The maximum atomic E-state index is 12.2. The molecule has 1 amide bonds. The number of nitrogen functional groups attached to an aromatic ring is 1. The molecule has 1 aromatic carbocycles. The Morgan fingerprint density at radius 2 is 2.14 bits per heavy atom. The van der Waals surface area contributed by atoms with E-state index in [0.29, 0.717) is 16.9 Å². The quantitative estimate of drug-likeness (QED) is 0.482. The molecule has 28 heavy (non-hydrogen) atoms. The number of amides is 1. The molecular weight excluding hydrogens is 392 g/mol. The highest BCUT2D eigenvalue weighted by molar-refractivity contribution is 7.99. The minimum Gasteiger partial charge on any atom is -0.497 e. The van der Waals surface area contributed by atoms with E-state index in [0.717, 1.165) is 34.5 Å². The smallest absolute Gasteiger partial charge is 0.234 e. The summed E-state index contributed by atoms with van der Waals surface area (Å²) in [6, 6.07) is 7.22. The van der Waals surface area contributed by atoms with E-state index in [9.17, 15) is 4.79 Å². The molecule has 0 spiro atoms. The first-order chi connectivity index (χ1) is 13.5. The topological polar surface area (TPSA) is 90.1 Å². The molecule has 0 saturated heterocycles. The number of fused-ring (bicyclic) bond motifs is 3. The molecule has 0 unspecified atom stereocenters. The number of aromatic nitrogens is 2. The van der Waals surface area contributed by atoms with Crippen LogP contribution < -0.4 is 15.8 Å². The van der Waals surface area contributed by atoms with Gasteiger partial charge in [-0.05, 0) is 55.0 Å². The third-order valence-corrected chi connectivity index (χ3v) is 6.86. The number of ether oxygens (including phenoxy) is 1. The molecule has 0 radical (unpaired) electrons. The number of aryl methyl sites for hydroxylation is 1. The van der Waals surface area contributed by atoms with Crippen LogP contribution in [0, 0.1) is 5.92 Å². The van der Waals surface area contributed by atoms with E-state index in [2.05, 4.69) is 22.2 Å². The van der Waals surface area contributed by atoms with Gasteiger partial charge in [0.2, 0.25) is 5.91 Å². The van der Waals surface area contributed by atoms with Crippen molar-refractivity contribution < 1.29 is 9.53 Å². The van der Waals surface area contributed by atoms with Gasteiger partial charge in [0.15, 0.2) is 5.16 Å². The van der Waals surface area contributed by atoms with Crippen molar-refractivity contribution in [3.63, 3.8) is 0 Å². The van der Waals surface area contributed by atoms with Crippen LogP contribution in [0.25, 0.3) is 10.2 Å². The van der Waals surface area contributed by atoms with Gasteiger partial charge in [0, 0.05) is 10.6 Å². The van der Waals surface area contributed by atoms with Crippen molar-refractivity contribution in [1.82, 2.24) is 9.97 Å². The fraction of sp³-hybridized carbons (Fsp3) is 0.350. The molecular formula is C20H22N4O2S2. The number of nitrogens with zero attached hydrogens (tertiary/aromatic N) is 2. The monoisotopic (exact) mass is 414 g/mol. The minimum absolute atomic E-state index is 0.114. The molecule has 3 N–H and O–H groups in total. The molecule has 0 fully saturated rings. The summed E-state index contributed by atoms with van der Waals surface area (Å²) in [7, 11) is 1.61. The molecule has 1 aliphatic carbocycles. The first-order valence-electron chi connectivity index (χ1n) is 9.18. The third-order valence-electron chi connectivity index (χ3n) is 4.87. The summed E-state index contributed by atoms with van der Waals surface area (Å²) in [5.74, 6) is 2.08. The summed E-state index contributed by atoms with van der Waals surface area (Å²) >= 11 is 3.01. The van der Waals surface area contributed by atoms with Gasteiger partial charge in [0.25, 0.3) is 0 Å². The van der Waals surface area contributed by atoms with Crippen LogP contribution in [0.5, 0.6) is 5.75 Å². The number of methoxy groups -OCH3 is 1. The van der Waals surface area contributed by atoms with Gasteiger partial charge in [-0.2, -0.15) is 0 Å². The first-order valence-corrected chi connectivity index (χ1v) is 11.0. The van der Waals surface area contributed by atoms with Crippen molar-refractivity contribution in [1.29, 1.82) is 0 Å². The second-order valence-electron chi connectivity index (χ2n) is 6.99. The molecule has 4 rings (SSSR count). The number of hydrogen-bond acceptors (Lipinski definition) is 7. The van der Waals surface area contributed by atoms with Gasteiger partial charge in [-0.1, -0.05) is 18.7 Å². The zero-order chi connectivity index (χ0) is 19.7. The lowest BCUT2D eigenvalue weighted by atomic mass is 9.89. The van der Waals surface area contributed by atoms with Gasteiger partial charge in [-0.15, -0.1) is 11.3 Å². The zero-order valence-corrected chi connectivity index (χ0v) is 17.5. The van der Waals surface area contributed by atoms with Gasteiger partial charge in [-0.25, -0.2) is 9.97 Å². The van der Waals surface area contributed by atoms with Crippen LogP contribution in [-0.4, -0.2) is 28.7 Å². The third kappa shape index (κ3) is 3.93. The van der Waals surface area contributed by atoms with Crippen LogP contribution in [0.1, 0.15) is 23.8 Å². The first kappa shape index (κ1) is 19.0. The largest absolute Gasteiger partial charge is 0.497 e. The van der Waals surface area contributed by atoms with E-state index in [-0.39, 0.29) is 11.7 Å². The molecule has 1 atom stereocenters. The van der Waals surface area contributed by atoms with Crippen LogP contribution >= 0.6 is 23.1 Å². The highest BCUT2D eigenvalue weighted by Gasteiger charge is 2.23. The number of thiophene rings is 1. The van der Waals surface area contributed by atoms with E-state index < -0.39 is 0 Å². The van der Waals surface area contributed by atoms with Gasteiger partial charge >= 0.3 is 0 Å². The van der Waals surface area contributed by atoms with Crippen LogP contribution in [0.4, 0.5) is 11.5 Å². The van der Waals surface area contributed by atoms with Gasteiger partial charge in [0.1, 0.15) is 16.4 Å². The maximum Gasteiger partial charge on any atom is 0.234 e. The predicted octanol–water partition coefficient (Wildman–Crippen LogP) is 4.14. The second kappa shape index (κ2) is 7.97. The van der Waals surface area contributed by atoms with E-state index in [1.165, 1.54) is 28.6 Å². The Labute approximate surface area is 171 Å². The normalized spacial score (nSPS) is 16.0. The Balaban J connectivity index is 1.45. The Bertz CT molecular complexity index is 1020. The Morgan fingerprint density at radius 3 is 2.89 bits per heavy atom. The molecule has 8 heteroatoms. The molecule has 0 saturated carbocycles. The standard InChI is InChI=1S/C20H22N4O2S2/c1-11-3-8-14-15(9-11)28-19-17(14)18(21)23-20(24-19)27-10-16(25)22-12-4-6-13(26-2)7-5-12/h4-7,11H,3,8-10H2,1-2H3,(H,22,25)(H2,21,23,24)/t11-/m0/s1. The average Bonchev–Trinajstić information content (AvgIpc) is 3.04. The Kier molecular flexibility index (Phi) is 5.41. The molecule has 6 nitrogen and oxygen atoms in total. The number of carbonyl (C=O) groups excluding carboxylic acids is 1. The highest BCUT2D eigenvalue weighted by atomic mass is 32.2. The number of nitrogens with two attached hydrogens (primary N) is 1. The number of nitrogens with one attached hydrogen (secondary N) is 1. The van der Waals surface area contributed by atoms with E-state index in [1.807, 2.05) is 0 Å². The van der Waals surface area contributed by atoms with Crippen LogP contribution in [0.15, 0.2) is 29.4 Å². The minimum atomic E-state index is -0.114. The lowest BCUT2D eigenvalue weighted by Gasteiger charge is -2.17. The lowest BCUT2D eigenvalue weighted by molar-refractivity contribution is -0.113. The number of rotatable bonds is 5. The molecule has 2 heterocycles. The number of thioether (sulfide) groups is 1. The van der Waals surface area contributed by atoms with Crippen LogP contribution in [-0.2, 0) is 17.6 Å². The molecule has 0 aliphatic heterocycles. The molecule has 0 bridgehead atoms. The molecule has 3 aromatic rings. The lowest BCUT2D eigenvalue weighted by Crippen LogP contribution is -2.14. The summed E-state index contributed by atoms with van der Waals surface area (Å²) in [6.45, 7) is 2.28. The summed E-state index contributed by atoms with van der Waals surface area (Å²) < 4.78 is 5.12. The fourth-order valence-electron chi connectivity index (χ4n) is 3.42. The SMILES string of the molecule is COc1ccc(NC(=O)CSc2nc(N)c3c4c(sc3n2)C[C@@H](C)CC4)cc1. The van der Waals surface area contributed by atoms with Gasteiger partial charge < -0.3 is 15.8 Å². The van der Waals surface area contributed by atoms with E-state index in [4.69, 9.17) is 10.5 Å². The maximum absolute atomic E-state index is 12.2.